The standard InChI is InChI=1S/C22H27N5O/c1-15(2)11-19-12-21(28)26-22(25-19)18-7-5-17(6-8-18)13-27(4)16(3)20-9-10-23-14-24-20/h5-10,12,14-16H,11,13H2,1-4H3,(H,25,26,28)/t16-/m0/s1. The van der Waals surface area contributed by atoms with E-state index in [4.69, 9.17) is 0 Å². The molecule has 2 heterocycles. The second-order valence-electron chi connectivity index (χ2n) is 7.61. The summed E-state index contributed by atoms with van der Waals surface area (Å²) in [6.45, 7) is 7.17. The largest absolute Gasteiger partial charge is 0.307 e. The Morgan fingerprint density at radius 1 is 1.11 bits per heavy atom. The normalized spacial score (nSPS) is 12.5. The first-order chi connectivity index (χ1) is 13.4. The van der Waals surface area contributed by atoms with E-state index in [-0.39, 0.29) is 11.6 Å². The van der Waals surface area contributed by atoms with E-state index in [1.807, 2.05) is 18.2 Å². The third-order valence-corrected chi connectivity index (χ3v) is 4.77. The molecule has 6 nitrogen and oxygen atoms in total. The molecule has 1 aromatic carbocycles. The number of aromatic nitrogens is 4. The Balaban J connectivity index is 1.73. The van der Waals surface area contributed by atoms with Gasteiger partial charge in [-0.3, -0.25) is 9.69 Å². The van der Waals surface area contributed by atoms with Crippen molar-refractivity contribution in [3.63, 3.8) is 0 Å². The second kappa shape index (κ2) is 8.89. The predicted octanol–water partition coefficient (Wildman–Crippen LogP) is 3.62. The van der Waals surface area contributed by atoms with Crippen LogP contribution in [0.3, 0.4) is 0 Å². The van der Waals surface area contributed by atoms with Crippen molar-refractivity contribution in [2.24, 2.45) is 5.92 Å². The number of nitrogens with one attached hydrogen (secondary N) is 1. The summed E-state index contributed by atoms with van der Waals surface area (Å²) < 4.78 is 0. The fraction of sp³-hybridized carbons (Fsp3) is 0.364. The fourth-order valence-electron chi connectivity index (χ4n) is 3.13. The fourth-order valence-corrected chi connectivity index (χ4v) is 3.13. The lowest BCUT2D eigenvalue weighted by Crippen LogP contribution is -2.22. The van der Waals surface area contributed by atoms with Crippen LogP contribution in [0.1, 0.15) is 43.8 Å². The Bertz CT molecular complexity index is 951. The van der Waals surface area contributed by atoms with Gasteiger partial charge < -0.3 is 4.98 Å². The summed E-state index contributed by atoms with van der Waals surface area (Å²) in [5.41, 5.74) is 3.82. The maximum absolute atomic E-state index is 12.0. The Kier molecular flexibility index (Phi) is 6.31. The second-order valence-corrected chi connectivity index (χ2v) is 7.61. The highest BCUT2D eigenvalue weighted by Gasteiger charge is 2.13. The van der Waals surface area contributed by atoms with Gasteiger partial charge in [0.2, 0.25) is 0 Å². The summed E-state index contributed by atoms with van der Waals surface area (Å²) in [5, 5.41) is 0. The van der Waals surface area contributed by atoms with E-state index in [0.29, 0.717) is 11.7 Å². The molecule has 6 heteroatoms. The van der Waals surface area contributed by atoms with E-state index in [0.717, 1.165) is 29.9 Å². The molecule has 0 unspecified atom stereocenters. The average Bonchev–Trinajstić information content (AvgIpc) is 2.67. The van der Waals surface area contributed by atoms with E-state index in [1.54, 1.807) is 18.6 Å². The summed E-state index contributed by atoms with van der Waals surface area (Å²) in [6, 6.07) is 11.9. The summed E-state index contributed by atoms with van der Waals surface area (Å²) in [4.78, 5) is 30.0. The first-order valence-electron chi connectivity index (χ1n) is 9.58. The Hall–Kier alpha value is -2.86. The van der Waals surface area contributed by atoms with Gasteiger partial charge in [-0.1, -0.05) is 38.1 Å². The number of nitrogens with zero attached hydrogens (tertiary/aromatic N) is 4. The van der Waals surface area contributed by atoms with Crippen molar-refractivity contribution in [1.29, 1.82) is 0 Å². The molecule has 0 spiro atoms. The molecule has 0 aliphatic carbocycles. The molecule has 28 heavy (non-hydrogen) atoms. The molecule has 2 aromatic heterocycles. The zero-order valence-corrected chi connectivity index (χ0v) is 16.9. The SMILES string of the molecule is CC(C)Cc1cc(=O)[nH]c(-c2ccc(CN(C)[C@@H](C)c3ccncn3)cc2)n1. The average molecular weight is 377 g/mol. The number of rotatable bonds is 7. The molecule has 0 fully saturated rings. The smallest absolute Gasteiger partial charge is 0.251 e. The molecule has 3 rings (SSSR count). The molecule has 0 bridgehead atoms. The summed E-state index contributed by atoms with van der Waals surface area (Å²) in [5.74, 6) is 1.08. The molecule has 0 amide bonds. The first kappa shape index (κ1) is 19.9. The lowest BCUT2D eigenvalue weighted by Gasteiger charge is -2.24. The lowest BCUT2D eigenvalue weighted by molar-refractivity contribution is 0.248. The van der Waals surface area contributed by atoms with E-state index in [1.165, 1.54) is 5.56 Å². The molecule has 0 saturated carbocycles. The lowest BCUT2D eigenvalue weighted by atomic mass is 10.1. The van der Waals surface area contributed by atoms with Gasteiger partial charge in [0.15, 0.2) is 0 Å². The van der Waals surface area contributed by atoms with Crippen molar-refractivity contribution in [3.8, 4) is 11.4 Å². The zero-order chi connectivity index (χ0) is 20.1. The van der Waals surface area contributed by atoms with E-state index < -0.39 is 0 Å². The van der Waals surface area contributed by atoms with E-state index in [9.17, 15) is 4.79 Å². The van der Waals surface area contributed by atoms with Crippen molar-refractivity contribution in [3.05, 3.63) is 76.2 Å². The van der Waals surface area contributed by atoms with Gasteiger partial charge in [-0.25, -0.2) is 15.0 Å². The van der Waals surface area contributed by atoms with Crippen LogP contribution in [-0.2, 0) is 13.0 Å². The van der Waals surface area contributed by atoms with Crippen LogP contribution in [0.2, 0.25) is 0 Å². The highest BCUT2D eigenvalue weighted by molar-refractivity contribution is 5.55. The minimum Gasteiger partial charge on any atom is -0.307 e. The molecule has 0 aliphatic heterocycles. The van der Waals surface area contributed by atoms with Gasteiger partial charge in [0.25, 0.3) is 5.56 Å². The monoisotopic (exact) mass is 377 g/mol. The maximum Gasteiger partial charge on any atom is 0.251 e. The molecule has 1 N–H and O–H groups in total. The highest BCUT2D eigenvalue weighted by Crippen LogP contribution is 2.20. The molecular formula is C22H27N5O. The van der Waals surface area contributed by atoms with Crippen molar-refractivity contribution in [2.45, 2.75) is 39.8 Å². The minimum atomic E-state index is -0.108. The summed E-state index contributed by atoms with van der Waals surface area (Å²) in [6.07, 6.45) is 4.14. The van der Waals surface area contributed by atoms with Gasteiger partial charge in [0, 0.05) is 36.1 Å². The van der Waals surface area contributed by atoms with Crippen molar-refractivity contribution >= 4 is 0 Å². The third kappa shape index (κ3) is 5.10. The number of benzene rings is 1. The van der Waals surface area contributed by atoms with Gasteiger partial charge in [-0.05, 0) is 37.9 Å². The number of hydrogen-bond donors (Lipinski definition) is 1. The highest BCUT2D eigenvalue weighted by atomic mass is 16.1. The molecule has 0 radical (unpaired) electrons. The molecule has 0 aliphatic rings. The van der Waals surface area contributed by atoms with Crippen LogP contribution < -0.4 is 5.56 Å². The summed E-state index contributed by atoms with van der Waals surface area (Å²) >= 11 is 0. The van der Waals surface area contributed by atoms with Crippen LogP contribution in [-0.4, -0.2) is 31.9 Å². The van der Waals surface area contributed by atoms with E-state index in [2.05, 4.69) is 64.8 Å². The van der Waals surface area contributed by atoms with Crippen LogP contribution >= 0.6 is 0 Å². The minimum absolute atomic E-state index is 0.108. The van der Waals surface area contributed by atoms with Gasteiger partial charge in [-0.15, -0.1) is 0 Å². The van der Waals surface area contributed by atoms with Crippen molar-refractivity contribution in [1.82, 2.24) is 24.8 Å². The predicted molar refractivity (Wildman–Crippen MR) is 111 cm³/mol. The Morgan fingerprint density at radius 3 is 2.50 bits per heavy atom. The molecule has 3 aromatic rings. The van der Waals surface area contributed by atoms with E-state index >= 15 is 0 Å². The topological polar surface area (TPSA) is 74.8 Å². The van der Waals surface area contributed by atoms with Gasteiger partial charge in [0.05, 0.1) is 5.69 Å². The molecular weight excluding hydrogens is 350 g/mol. The quantitative estimate of drug-likeness (QED) is 0.681. The van der Waals surface area contributed by atoms with Gasteiger partial charge in [-0.2, -0.15) is 0 Å². The number of H-pyrrole nitrogens is 1. The first-order valence-corrected chi connectivity index (χ1v) is 9.58. The molecule has 146 valence electrons. The summed E-state index contributed by atoms with van der Waals surface area (Å²) in [7, 11) is 2.08. The number of aromatic amines is 1. The van der Waals surface area contributed by atoms with Crippen LogP contribution in [0.4, 0.5) is 0 Å². The van der Waals surface area contributed by atoms with Crippen molar-refractivity contribution in [2.75, 3.05) is 7.05 Å². The molecule has 0 saturated heterocycles. The van der Waals surface area contributed by atoms with Crippen LogP contribution in [0.25, 0.3) is 11.4 Å². The van der Waals surface area contributed by atoms with Gasteiger partial charge >= 0.3 is 0 Å². The van der Waals surface area contributed by atoms with Crippen molar-refractivity contribution < 1.29 is 0 Å². The number of hydrogen-bond acceptors (Lipinski definition) is 5. The van der Waals surface area contributed by atoms with Crippen LogP contribution in [0.15, 0.2) is 53.7 Å². The zero-order valence-electron chi connectivity index (χ0n) is 16.9. The Morgan fingerprint density at radius 2 is 1.86 bits per heavy atom. The maximum atomic E-state index is 12.0. The Labute approximate surface area is 165 Å². The van der Waals surface area contributed by atoms with Crippen LogP contribution in [0, 0.1) is 5.92 Å². The third-order valence-electron chi connectivity index (χ3n) is 4.77. The molecule has 1 atom stereocenters. The van der Waals surface area contributed by atoms with Gasteiger partial charge in [0.1, 0.15) is 12.2 Å². The van der Waals surface area contributed by atoms with Crippen LogP contribution in [0.5, 0.6) is 0 Å².